The smallest absolute Gasteiger partial charge is 0.231 e. The summed E-state index contributed by atoms with van der Waals surface area (Å²) < 4.78 is 20.5. The Labute approximate surface area is 145 Å². The van der Waals surface area contributed by atoms with Crippen LogP contribution in [0.25, 0.3) is 0 Å². The van der Waals surface area contributed by atoms with Crippen molar-refractivity contribution < 1.29 is 14.2 Å². The highest BCUT2D eigenvalue weighted by molar-refractivity contribution is 5.59. The largest absolute Gasteiger partial charge is 0.508 e. The minimum absolute atomic E-state index is 0.177. The van der Waals surface area contributed by atoms with E-state index in [1.165, 1.54) is 13.2 Å². The summed E-state index contributed by atoms with van der Waals surface area (Å²) in [6, 6.07) is 11.6. The molecule has 25 heavy (non-hydrogen) atoms. The number of ether oxygens (including phenoxy) is 1. The van der Waals surface area contributed by atoms with Crippen molar-refractivity contribution in [1.82, 2.24) is 14.8 Å². The molecule has 2 aromatic carbocycles. The lowest BCUT2D eigenvalue weighted by atomic mass is 10.1. The Morgan fingerprint density at radius 2 is 1.88 bits per heavy atom. The zero-order valence-electron chi connectivity index (χ0n) is 14.3. The molecule has 0 radical (unpaired) electrons. The molecule has 6 nitrogen and oxygen atoms in total. The van der Waals surface area contributed by atoms with Gasteiger partial charge in [-0.3, -0.25) is 4.57 Å². The van der Waals surface area contributed by atoms with E-state index in [1.54, 1.807) is 24.3 Å². The van der Waals surface area contributed by atoms with Crippen molar-refractivity contribution in [2.75, 3.05) is 19.1 Å². The van der Waals surface area contributed by atoms with Gasteiger partial charge in [-0.15, -0.1) is 10.2 Å². The maximum Gasteiger partial charge on any atom is 0.231 e. The Morgan fingerprint density at radius 1 is 1.16 bits per heavy atom. The highest BCUT2D eigenvalue weighted by atomic mass is 19.1. The number of halogens is 1. The van der Waals surface area contributed by atoms with Crippen molar-refractivity contribution in [3.8, 4) is 11.5 Å². The van der Waals surface area contributed by atoms with Crippen LogP contribution in [0.4, 0.5) is 16.0 Å². The van der Waals surface area contributed by atoms with E-state index in [1.807, 2.05) is 35.7 Å². The molecule has 1 heterocycles. The second kappa shape index (κ2) is 6.80. The van der Waals surface area contributed by atoms with E-state index >= 15 is 0 Å². The highest BCUT2D eigenvalue weighted by Crippen LogP contribution is 2.28. The van der Waals surface area contributed by atoms with Crippen molar-refractivity contribution in [2.45, 2.75) is 6.42 Å². The van der Waals surface area contributed by atoms with E-state index in [-0.39, 0.29) is 11.5 Å². The zero-order chi connectivity index (χ0) is 18.0. The average Bonchev–Trinajstić information content (AvgIpc) is 2.97. The fourth-order valence-corrected chi connectivity index (χ4v) is 2.57. The van der Waals surface area contributed by atoms with E-state index in [4.69, 9.17) is 4.74 Å². The van der Waals surface area contributed by atoms with E-state index < -0.39 is 5.82 Å². The molecule has 3 rings (SSSR count). The van der Waals surface area contributed by atoms with Gasteiger partial charge in [0.2, 0.25) is 5.95 Å². The van der Waals surface area contributed by atoms with Crippen molar-refractivity contribution in [3.63, 3.8) is 0 Å². The third kappa shape index (κ3) is 3.40. The third-order valence-corrected chi connectivity index (χ3v) is 4.06. The molecule has 0 amide bonds. The molecule has 0 aliphatic rings. The van der Waals surface area contributed by atoms with Crippen molar-refractivity contribution in [1.29, 1.82) is 0 Å². The molecule has 0 unspecified atom stereocenters. The number of aromatic nitrogens is 3. The third-order valence-electron chi connectivity index (χ3n) is 4.06. The molecule has 0 bridgehead atoms. The first-order valence-electron chi connectivity index (χ1n) is 7.73. The second-order valence-corrected chi connectivity index (χ2v) is 5.70. The van der Waals surface area contributed by atoms with Gasteiger partial charge in [0.25, 0.3) is 0 Å². The van der Waals surface area contributed by atoms with Crippen molar-refractivity contribution >= 4 is 11.6 Å². The lowest BCUT2D eigenvalue weighted by Crippen LogP contribution is -2.15. The Balaban J connectivity index is 1.86. The molecule has 0 fully saturated rings. The fourth-order valence-electron chi connectivity index (χ4n) is 2.57. The molecule has 0 saturated carbocycles. The van der Waals surface area contributed by atoms with Crippen LogP contribution in [0.15, 0.2) is 42.5 Å². The van der Waals surface area contributed by atoms with Crippen LogP contribution >= 0.6 is 0 Å². The molecule has 130 valence electrons. The summed E-state index contributed by atoms with van der Waals surface area (Å²) in [5, 5.41) is 17.8. The normalized spacial score (nSPS) is 10.7. The molecular weight excluding hydrogens is 323 g/mol. The van der Waals surface area contributed by atoms with Crippen LogP contribution in [0.2, 0.25) is 0 Å². The lowest BCUT2D eigenvalue weighted by Gasteiger charge is -2.19. The minimum Gasteiger partial charge on any atom is -0.508 e. The second-order valence-electron chi connectivity index (χ2n) is 5.70. The summed E-state index contributed by atoms with van der Waals surface area (Å²) in [5.74, 6) is 1.40. The zero-order valence-corrected chi connectivity index (χ0v) is 14.3. The predicted octanol–water partition coefficient (Wildman–Crippen LogP) is 3.03. The summed E-state index contributed by atoms with van der Waals surface area (Å²) in [6.07, 6.45) is 0.588. The van der Waals surface area contributed by atoms with Crippen LogP contribution in [0.1, 0.15) is 11.4 Å². The number of hydrogen-bond donors (Lipinski definition) is 1. The SMILES string of the molecule is COc1cc(N(C)c2nnc(Cc3ccc(O)cc3)n2C)ccc1F. The number of hydrogen-bond acceptors (Lipinski definition) is 5. The van der Waals surface area contributed by atoms with Gasteiger partial charge in [0.1, 0.15) is 11.6 Å². The first kappa shape index (κ1) is 16.8. The standard InChI is InChI=1S/C18H19FN4O2/c1-22(13-6-9-15(19)16(11-13)25-3)18-21-20-17(23(18)2)10-12-4-7-14(24)8-5-12/h4-9,11,24H,10H2,1-3H3. The molecule has 0 aliphatic carbocycles. The molecule has 7 heteroatoms. The van der Waals surface area contributed by atoms with Gasteiger partial charge in [-0.1, -0.05) is 12.1 Å². The first-order chi connectivity index (χ1) is 12.0. The number of rotatable bonds is 5. The number of benzene rings is 2. The summed E-state index contributed by atoms with van der Waals surface area (Å²) >= 11 is 0. The summed E-state index contributed by atoms with van der Waals surface area (Å²) in [7, 11) is 5.14. The topological polar surface area (TPSA) is 63.4 Å². The van der Waals surface area contributed by atoms with Crippen LogP contribution in [0, 0.1) is 5.82 Å². The summed E-state index contributed by atoms with van der Waals surface area (Å²) in [4.78, 5) is 1.81. The van der Waals surface area contributed by atoms with Crippen LogP contribution in [-0.2, 0) is 13.5 Å². The first-order valence-corrected chi connectivity index (χ1v) is 7.73. The Kier molecular flexibility index (Phi) is 4.56. The molecular formula is C18H19FN4O2. The van der Waals surface area contributed by atoms with Crippen LogP contribution in [0.5, 0.6) is 11.5 Å². The number of aromatic hydroxyl groups is 1. The molecule has 0 atom stereocenters. The summed E-state index contributed by atoms with van der Waals surface area (Å²) in [5.41, 5.74) is 1.76. The van der Waals surface area contributed by atoms with Gasteiger partial charge in [0.15, 0.2) is 11.6 Å². The van der Waals surface area contributed by atoms with Crippen molar-refractivity contribution in [2.24, 2.45) is 7.05 Å². The number of nitrogens with zero attached hydrogens (tertiary/aromatic N) is 4. The highest BCUT2D eigenvalue weighted by Gasteiger charge is 2.16. The van der Waals surface area contributed by atoms with Crippen molar-refractivity contribution in [3.05, 3.63) is 59.7 Å². The quantitative estimate of drug-likeness (QED) is 0.772. The van der Waals surface area contributed by atoms with Gasteiger partial charge in [0.05, 0.1) is 7.11 Å². The van der Waals surface area contributed by atoms with Gasteiger partial charge >= 0.3 is 0 Å². The minimum atomic E-state index is -0.411. The number of phenols is 1. The number of anilines is 2. The van der Waals surface area contributed by atoms with E-state index in [0.717, 1.165) is 17.1 Å². The summed E-state index contributed by atoms with van der Waals surface area (Å²) in [6.45, 7) is 0. The van der Waals surface area contributed by atoms with E-state index in [9.17, 15) is 9.50 Å². The predicted molar refractivity (Wildman–Crippen MR) is 92.9 cm³/mol. The van der Waals surface area contributed by atoms with E-state index in [0.29, 0.717) is 12.4 Å². The van der Waals surface area contributed by atoms with Gasteiger partial charge in [0, 0.05) is 32.3 Å². The molecule has 3 aromatic rings. The van der Waals surface area contributed by atoms with Crippen LogP contribution < -0.4 is 9.64 Å². The maximum absolute atomic E-state index is 13.6. The van der Waals surface area contributed by atoms with Crippen LogP contribution in [0.3, 0.4) is 0 Å². The van der Waals surface area contributed by atoms with Gasteiger partial charge in [-0.05, 0) is 29.8 Å². The molecule has 1 N–H and O–H groups in total. The fraction of sp³-hybridized carbons (Fsp3) is 0.222. The number of phenolic OH excluding ortho intramolecular Hbond substituents is 1. The molecule has 0 spiro atoms. The van der Waals surface area contributed by atoms with Gasteiger partial charge < -0.3 is 14.7 Å². The molecule has 0 saturated heterocycles. The Morgan fingerprint density at radius 3 is 2.56 bits per heavy atom. The van der Waals surface area contributed by atoms with E-state index in [2.05, 4.69) is 10.2 Å². The maximum atomic E-state index is 13.6. The Bertz CT molecular complexity index is 877. The van der Waals surface area contributed by atoms with Gasteiger partial charge in [-0.25, -0.2) is 4.39 Å². The van der Waals surface area contributed by atoms with Gasteiger partial charge in [-0.2, -0.15) is 0 Å². The number of methoxy groups -OCH3 is 1. The lowest BCUT2D eigenvalue weighted by molar-refractivity contribution is 0.386. The molecule has 1 aromatic heterocycles. The Hall–Kier alpha value is -3.09. The molecule has 0 aliphatic heterocycles. The average molecular weight is 342 g/mol. The van der Waals surface area contributed by atoms with Crippen LogP contribution in [-0.4, -0.2) is 34.0 Å². The monoisotopic (exact) mass is 342 g/mol.